The predicted octanol–water partition coefficient (Wildman–Crippen LogP) is 2.62. The molecule has 0 spiro atoms. The molecule has 0 bridgehead atoms. The molecule has 19 heavy (non-hydrogen) atoms. The molecule has 1 aromatic carbocycles. The van der Waals surface area contributed by atoms with E-state index in [1.807, 2.05) is 12.1 Å². The molecule has 1 fully saturated rings. The number of halogens is 1. The zero-order chi connectivity index (χ0) is 13.8. The Balaban J connectivity index is 2.06. The minimum absolute atomic E-state index is 0.260. The van der Waals surface area contributed by atoms with Crippen LogP contribution in [-0.2, 0) is 11.3 Å². The lowest BCUT2D eigenvalue weighted by Gasteiger charge is -2.17. The summed E-state index contributed by atoms with van der Waals surface area (Å²) in [5.74, 6) is 1.23. The molecule has 5 heteroatoms. The lowest BCUT2D eigenvalue weighted by Crippen LogP contribution is -2.34. The Bertz CT molecular complexity index is 439. The predicted molar refractivity (Wildman–Crippen MR) is 75.2 cm³/mol. The fourth-order valence-electron chi connectivity index (χ4n) is 2.32. The second-order valence-corrected chi connectivity index (χ2v) is 5.07. The summed E-state index contributed by atoms with van der Waals surface area (Å²) >= 11 is 6.18. The Hall–Kier alpha value is -0.970. The van der Waals surface area contributed by atoms with E-state index in [2.05, 4.69) is 12.2 Å². The van der Waals surface area contributed by atoms with Crippen LogP contribution in [0, 0.1) is 0 Å². The summed E-state index contributed by atoms with van der Waals surface area (Å²) in [5, 5.41) is 4.05. The molecule has 0 saturated carbocycles. The van der Waals surface area contributed by atoms with Crippen LogP contribution in [0.25, 0.3) is 0 Å². The molecule has 2 atom stereocenters. The maximum absolute atomic E-state index is 6.18. The number of methoxy groups -OCH3 is 2. The third kappa shape index (κ3) is 3.32. The van der Waals surface area contributed by atoms with Crippen molar-refractivity contribution < 1.29 is 14.2 Å². The molecule has 0 radical (unpaired) electrons. The van der Waals surface area contributed by atoms with Crippen LogP contribution in [0.2, 0.25) is 5.02 Å². The number of benzene rings is 1. The first-order valence-corrected chi connectivity index (χ1v) is 6.79. The third-order valence-corrected chi connectivity index (χ3v) is 3.72. The molecule has 4 nitrogen and oxygen atoms in total. The van der Waals surface area contributed by atoms with Gasteiger partial charge in [0.2, 0.25) is 0 Å². The van der Waals surface area contributed by atoms with Crippen LogP contribution in [0.4, 0.5) is 0 Å². The first-order chi connectivity index (χ1) is 9.15. The Labute approximate surface area is 119 Å². The van der Waals surface area contributed by atoms with Crippen molar-refractivity contribution in [1.29, 1.82) is 0 Å². The molecule has 1 aliphatic rings. The van der Waals surface area contributed by atoms with Crippen LogP contribution < -0.4 is 14.8 Å². The average molecular weight is 286 g/mol. The van der Waals surface area contributed by atoms with E-state index in [-0.39, 0.29) is 6.10 Å². The second-order valence-electron chi connectivity index (χ2n) is 4.67. The number of hydrogen-bond acceptors (Lipinski definition) is 4. The van der Waals surface area contributed by atoms with E-state index < -0.39 is 0 Å². The second kappa shape index (κ2) is 6.46. The molecule has 1 saturated heterocycles. The highest BCUT2D eigenvalue weighted by molar-refractivity contribution is 6.32. The van der Waals surface area contributed by atoms with Gasteiger partial charge in [0.15, 0.2) is 11.5 Å². The normalized spacial score (nSPS) is 22.5. The number of ether oxygens (including phenoxy) is 3. The van der Waals surface area contributed by atoms with Crippen LogP contribution in [0.1, 0.15) is 18.9 Å². The van der Waals surface area contributed by atoms with E-state index >= 15 is 0 Å². The Morgan fingerprint density at radius 3 is 2.74 bits per heavy atom. The van der Waals surface area contributed by atoms with Crippen molar-refractivity contribution in [3.63, 3.8) is 0 Å². The van der Waals surface area contributed by atoms with Gasteiger partial charge in [0.05, 0.1) is 25.3 Å². The summed E-state index contributed by atoms with van der Waals surface area (Å²) < 4.78 is 16.0. The summed E-state index contributed by atoms with van der Waals surface area (Å²) in [4.78, 5) is 0. The zero-order valence-corrected chi connectivity index (χ0v) is 12.3. The highest BCUT2D eigenvalue weighted by atomic mass is 35.5. The van der Waals surface area contributed by atoms with Crippen molar-refractivity contribution in [2.24, 2.45) is 0 Å². The lowest BCUT2D eigenvalue weighted by atomic mass is 10.1. The number of rotatable bonds is 5. The number of nitrogens with one attached hydrogen (secondary N) is 1. The summed E-state index contributed by atoms with van der Waals surface area (Å²) in [6.07, 6.45) is 1.30. The van der Waals surface area contributed by atoms with Gasteiger partial charge < -0.3 is 19.5 Å². The molecule has 1 N–H and O–H groups in total. The van der Waals surface area contributed by atoms with Gasteiger partial charge in [-0.1, -0.05) is 11.6 Å². The molecule has 2 unspecified atom stereocenters. The third-order valence-electron chi connectivity index (χ3n) is 3.44. The SMILES string of the molecule is COc1cc(CNC2CCOC2C)cc(Cl)c1OC. The van der Waals surface area contributed by atoms with Crippen molar-refractivity contribution in [3.05, 3.63) is 22.7 Å². The molecular weight excluding hydrogens is 266 g/mol. The average Bonchev–Trinajstić information content (AvgIpc) is 2.81. The van der Waals surface area contributed by atoms with Crippen LogP contribution >= 0.6 is 11.6 Å². The molecule has 0 aromatic heterocycles. The highest BCUT2D eigenvalue weighted by Crippen LogP contribution is 2.36. The Kier molecular flexibility index (Phi) is 4.91. The summed E-state index contributed by atoms with van der Waals surface area (Å²) in [6.45, 7) is 3.65. The van der Waals surface area contributed by atoms with Gasteiger partial charge in [-0.05, 0) is 31.0 Å². The van der Waals surface area contributed by atoms with Gasteiger partial charge in [-0.2, -0.15) is 0 Å². The molecular formula is C14H20ClNO3. The Morgan fingerprint density at radius 1 is 1.37 bits per heavy atom. The van der Waals surface area contributed by atoms with E-state index in [9.17, 15) is 0 Å². The van der Waals surface area contributed by atoms with Crippen LogP contribution in [-0.4, -0.2) is 33.0 Å². The molecule has 0 amide bonds. The molecule has 1 aromatic rings. The van der Waals surface area contributed by atoms with Gasteiger partial charge in [0.25, 0.3) is 0 Å². The first kappa shape index (κ1) is 14.4. The van der Waals surface area contributed by atoms with Crippen LogP contribution in [0.3, 0.4) is 0 Å². The van der Waals surface area contributed by atoms with Gasteiger partial charge in [-0.15, -0.1) is 0 Å². The van der Waals surface area contributed by atoms with Crippen LogP contribution in [0.15, 0.2) is 12.1 Å². The van der Waals surface area contributed by atoms with E-state index in [0.717, 1.165) is 25.1 Å². The van der Waals surface area contributed by atoms with Gasteiger partial charge in [-0.25, -0.2) is 0 Å². The minimum Gasteiger partial charge on any atom is -0.493 e. The van der Waals surface area contributed by atoms with Gasteiger partial charge in [-0.3, -0.25) is 0 Å². The summed E-state index contributed by atoms with van der Waals surface area (Å²) in [6, 6.07) is 4.24. The van der Waals surface area contributed by atoms with Gasteiger partial charge >= 0.3 is 0 Å². The molecule has 1 aliphatic heterocycles. The van der Waals surface area contributed by atoms with E-state index in [1.54, 1.807) is 14.2 Å². The highest BCUT2D eigenvalue weighted by Gasteiger charge is 2.23. The van der Waals surface area contributed by atoms with Crippen molar-refractivity contribution in [2.75, 3.05) is 20.8 Å². The molecule has 1 heterocycles. The van der Waals surface area contributed by atoms with Gasteiger partial charge in [0.1, 0.15) is 0 Å². The van der Waals surface area contributed by atoms with Crippen molar-refractivity contribution in [1.82, 2.24) is 5.32 Å². The van der Waals surface area contributed by atoms with Crippen molar-refractivity contribution in [3.8, 4) is 11.5 Å². The summed E-state index contributed by atoms with van der Waals surface area (Å²) in [5.41, 5.74) is 1.07. The summed E-state index contributed by atoms with van der Waals surface area (Å²) in [7, 11) is 3.19. The smallest absolute Gasteiger partial charge is 0.179 e. The molecule has 106 valence electrons. The molecule has 2 rings (SSSR count). The standard InChI is InChI=1S/C14H20ClNO3/c1-9-12(4-5-19-9)16-8-10-6-11(15)14(18-3)13(7-10)17-2/h6-7,9,12,16H,4-5,8H2,1-3H3. The maximum Gasteiger partial charge on any atom is 0.179 e. The lowest BCUT2D eigenvalue weighted by molar-refractivity contribution is 0.113. The topological polar surface area (TPSA) is 39.7 Å². The van der Waals surface area contributed by atoms with Crippen LogP contribution in [0.5, 0.6) is 11.5 Å². The van der Waals surface area contributed by atoms with E-state index in [0.29, 0.717) is 22.6 Å². The largest absolute Gasteiger partial charge is 0.493 e. The fourth-order valence-corrected chi connectivity index (χ4v) is 2.63. The van der Waals surface area contributed by atoms with E-state index in [1.165, 1.54) is 0 Å². The zero-order valence-electron chi connectivity index (χ0n) is 11.5. The quantitative estimate of drug-likeness (QED) is 0.903. The van der Waals surface area contributed by atoms with E-state index in [4.69, 9.17) is 25.8 Å². The first-order valence-electron chi connectivity index (χ1n) is 6.41. The monoisotopic (exact) mass is 285 g/mol. The Morgan fingerprint density at radius 2 is 2.16 bits per heavy atom. The van der Waals surface area contributed by atoms with Crippen molar-refractivity contribution in [2.45, 2.75) is 32.0 Å². The minimum atomic E-state index is 0.260. The maximum atomic E-state index is 6.18. The van der Waals surface area contributed by atoms with Crippen molar-refractivity contribution >= 4 is 11.6 Å². The molecule has 0 aliphatic carbocycles. The number of hydrogen-bond donors (Lipinski definition) is 1. The van der Waals surface area contributed by atoms with Gasteiger partial charge in [0, 0.05) is 19.2 Å². The fraction of sp³-hybridized carbons (Fsp3) is 0.571.